The number of esters is 4. The lowest BCUT2D eigenvalue weighted by atomic mass is 9.95. The Balaban J connectivity index is 2.52. The maximum atomic E-state index is 12.1. The Morgan fingerprint density at radius 1 is 0.525 bits per heavy atom. The molecule has 2 rings (SSSR count). The third-order valence-corrected chi connectivity index (χ3v) is 5.40. The van der Waals surface area contributed by atoms with E-state index in [1.807, 2.05) is 12.1 Å². The summed E-state index contributed by atoms with van der Waals surface area (Å²) in [6, 6.07) is 10.7. The number of hydrogen-bond donors (Lipinski definition) is 0. The summed E-state index contributed by atoms with van der Waals surface area (Å²) in [5.74, 6) is -2.16. The molecule has 0 bridgehead atoms. The highest BCUT2D eigenvalue weighted by Crippen LogP contribution is 2.29. The summed E-state index contributed by atoms with van der Waals surface area (Å²) in [4.78, 5) is 48.0. The third-order valence-electron chi connectivity index (χ3n) is 5.40. The summed E-state index contributed by atoms with van der Waals surface area (Å²) >= 11 is 0. The van der Waals surface area contributed by atoms with Gasteiger partial charge in [0.2, 0.25) is 0 Å². The maximum Gasteiger partial charge on any atom is 0.333 e. The number of carbonyl (C=O) groups excluding carboxylic acids is 4. The van der Waals surface area contributed by atoms with Gasteiger partial charge in [0.1, 0.15) is 26.4 Å². The molecule has 0 fully saturated rings. The van der Waals surface area contributed by atoms with Crippen molar-refractivity contribution in [3.63, 3.8) is 0 Å². The largest absolute Gasteiger partial charge is 0.457 e. The van der Waals surface area contributed by atoms with E-state index >= 15 is 0 Å². The molecular weight excluding hydrogens is 512 g/mol. The SMILES string of the molecule is C=C(C)C(=O)OCc1cc(COC(=O)C(=C)C)cc(-c2ccc(COC(=O)C(=C)C)cc2COC(=O)C(=C)C)c1. The van der Waals surface area contributed by atoms with Crippen molar-refractivity contribution in [3.05, 3.63) is 107 Å². The van der Waals surface area contributed by atoms with Crippen LogP contribution >= 0.6 is 0 Å². The van der Waals surface area contributed by atoms with E-state index < -0.39 is 23.9 Å². The van der Waals surface area contributed by atoms with Crippen LogP contribution in [0.1, 0.15) is 49.9 Å². The predicted molar refractivity (Wildman–Crippen MR) is 150 cm³/mol. The van der Waals surface area contributed by atoms with E-state index in [1.54, 1.807) is 52.0 Å². The van der Waals surface area contributed by atoms with Crippen LogP contribution in [0.15, 0.2) is 85.0 Å². The van der Waals surface area contributed by atoms with Gasteiger partial charge in [-0.3, -0.25) is 0 Å². The van der Waals surface area contributed by atoms with Gasteiger partial charge < -0.3 is 18.9 Å². The Bertz CT molecular complexity index is 1330. The first-order chi connectivity index (χ1) is 18.8. The van der Waals surface area contributed by atoms with Gasteiger partial charge in [-0.2, -0.15) is 0 Å². The van der Waals surface area contributed by atoms with Crippen molar-refractivity contribution >= 4 is 23.9 Å². The van der Waals surface area contributed by atoms with Gasteiger partial charge in [0.25, 0.3) is 0 Å². The summed E-state index contributed by atoms with van der Waals surface area (Å²) in [7, 11) is 0. The topological polar surface area (TPSA) is 105 Å². The van der Waals surface area contributed by atoms with Gasteiger partial charge in [0.15, 0.2) is 0 Å². The molecule has 0 amide bonds. The van der Waals surface area contributed by atoms with Gasteiger partial charge in [0.05, 0.1) is 0 Å². The minimum absolute atomic E-state index is 0.00753. The molecule has 0 aromatic heterocycles. The van der Waals surface area contributed by atoms with E-state index in [9.17, 15) is 19.2 Å². The lowest BCUT2D eigenvalue weighted by molar-refractivity contribution is -0.141. The van der Waals surface area contributed by atoms with Gasteiger partial charge in [0, 0.05) is 22.3 Å². The van der Waals surface area contributed by atoms with Crippen LogP contribution in [-0.2, 0) is 64.6 Å². The Hall–Kier alpha value is -4.72. The molecule has 0 radical (unpaired) electrons. The van der Waals surface area contributed by atoms with Crippen LogP contribution in [0.2, 0.25) is 0 Å². The normalized spacial score (nSPS) is 10.2. The van der Waals surface area contributed by atoms with Gasteiger partial charge in [-0.15, -0.1) is 0 Å². The summed E-state index contributed by atoms with van der Waals surface area (Å²) in [6.45, 7) is 20.4. The fraction of sp³-hybridized carbons (Fsp3) is 0.250. The van der Waals surface area contributed by atoms with Crippen molar-refractivity contribution in [3.8, 4) is 11.1 Å². The predicted octanol–water partition coefficient (Wildman–Crippen LogP) is 5.83. The van der Waals surface area contributed by atoms with E-state index in [0.717, 1.165) is 0 Å². The molecule has 0 saturated heterocycles. The first-order valence-electron chi connectivity index (χ1n) is 12.3. The number of rotatable bonds is 13. The standard InChI is InChI=1S/C32H34O8/c1-19(2)29(33)37-15-23-9-10-28(27(12-23)18-40-32(36)22(7)8)26-13-24(16-38-30(34)20(3)4)11-25(14-26)17-39-31(35)21(5)6/h9-14H,1,3,5,7,15-18H2,2,4,6,8H3. The molecule has 8 heteroatoms. The molecule has 0 aliphatic carbocycles. The second-order valence-corrected chi connectivity index (χ2v) is 9.46. The molecule has 8 nitrogen and oxygen atoms in total. The lowest BCUT2D eigenvalue weighted by Gasteiger charge is -2.16. The number of hydrogen-bond acceptors (Lipinski definition) is 8. The molecule has 2 aromatic carbocycles. The fourth-order valence-corrected chi connectivity index (χ4v) is 3.31. The maximum absolute atomic E-state index is 12.1. The highest BCUT2D eigenvalue weighted by atomic mass is 16.5. The second kappa shape index (κ2) is 14.4. The molecule has 0 heterocycles. The van der Waals surface area contributed by atoms with Crippen molar-refractivity contribution in [2.75, 3.05) is 0 Å². The van der Waals surface area contributed by atoms with Crippen LogP contribution in [0.5, 0.6) is 0 Å². The number of benzene rings is 2. The molecule has 210 valence electrons. The molecule has 2 aromatic rings. The van der Waals surface area contributed by atoms with Crippen LogP contribution in [0.4, 0.5) is 0 Å². The van der Waals surface area contributed by atoms with Gasteiger partial charge in [-0.05, 0) is 85.3 Å². The van der Waals surface area contributed by atoms with Gasteiger partial charge in [-0.25, -0.2) is 19.2 Å². The van der Waals surface area contributed by atoms with E-state index in [1.165, 1.54) is 0 Å². The van der Waals surface area contributed by atoms with Crippen molar-refractivity contribution < 1.29 is 38.1 Å². The van der Waals surface area contributed by atoms with E-state index in [-0.39, 0.29) is 48.7 Å². The van der Waals surface area contributed by atoms with Crippen molar-refractivity contribution in [2.24, 2.45) is 0 Å². The summed E-state index contributed by atoms with van der Waals surface area (Å²) < 4.78 is 21.4. The minimum atomic E-state index is -0.557. The Labute approximate surface area is 234 Å². The minimum Gasteiger partial charge on any atom is -0.457 e. The fourth-order valence-electron chi connectivity index (χ4n) is 3.31. The highest BCUT2D eigenvalue weighted by Gasteiger charge is 2.15. The van der Waals surface area contributed by atoms with Crippen LogP contribution in [0, 0.1) is 0 Å². The van der Waals surface area contributed by atoms with Crippen molar-refractivity contribution in [1.82, 2.24) is 0 Å². The lowest BCUT2D eigenvalue weighted by Crippen LogP contribution is -2.09. The monoisotopic (exact) mass is 546 g/mol. The first kappa shape index (κ1) is 31.5. The average molecular weight is 547 g/mol. The van der Waals surface area contributed by atoms with Gasteiger partial charge >= 0.3 is 23.9 Å². The molecule has 0 spiro atoms. The van der Waals surface area contributed by atoms with E-state index in [2.05, 4.69) is 26.3 Å². The van der Waals surface area contributed by atoms with Crippen molar-refractivity contribution in [2.45, 2.75) is 54.1 Å². The summed E-state index contributed by atoms with van der Waals surface area (Å²) in [6.07, 6.45) is 0. The molecule has 0 atom stereocenters. The molecule has 0 unspecified atom stereocenters. The molecule has 0 aliphatic rings. The van der Waals surface area contributed by atoms with Crippen LogP contribution < -0.4 is 0 Å². The molecule has 0 aliphatic heterocycles. The molecule has 0 saturated carbocycles. The summed E-state index contributed by atoms with van der Waals surface area (Å²) in [5, 5.41) is 0. The molecular formula is C32H34O8. The highest BCUT2D eigenvalue weighted by molar-refractivity contribution is 5.88. The average Bonchev–Trinajstić information content (AvgIpc) is 2.91. The van der Waals surface area contributed by atoms with Crippen LogP contribution in [0.3, 0.4) is 0 Å². The third kappa shape index (κ3) is 9.54. The summed E-state index contributed by atoms with van der Waals surface area (Å²) in [5.41, 5.74) is 5.00. The zero-order valence-electron chi connectivity index (χ0n) is 23.4. The van der Waals surface area contributed by atoms with E-state index in [4.69, 9.17) is 18.9 Å². The zero-order valence-corrected chi connectivity index (χ0v) is 23.4. The number of carbonyl (C=O) groups is 4. The zero-order chi connectivity index (χ0) is 30.0. The molecule has 40 heavy (non-hydrogen) atoms. The quantitative estimate of drug-likeness (QED) is 0.176. The van der Waals surface area contributed by atoms with Crippen LogP contribution in [0.25, 0.3) is 11.1 Å². The Morgan fingerprint density at radius 3 is 1.30 bits per heavy atom. The smallest absolute Gasteiger partial charge is 0.333 e. The Kier molecular flexibility index (Phi) is 11.4. The van der Waals surface area contributed by atoms with Crippen LogP contribution in [-0.4, -0.2) is 23.9 Å². The molecule has 0 N–H and O–H groups in total. The van der Waals surface area contributed by atoms with E-state index in [0.29, 0.717) is 33.4 Å². The second-order valence-electron chi connectivity index (χ2n) is 9.46. The number of ether oxygens (including phenoxy) is 4. The van der Waals surface area contributed by atoms with Crippen molar-refractivity contribution in [1.29, 1.82) is 0 Å². The van der Waals surface area contributed by atoms with Gasteiger partial charge in [-0.1, -0.05) is 38.4 Å². The first-order valence-corrected chi connectivity index (χ1v) is 12.3. The Morgan fingerprint density at radius 2 is 0.900 bits per heavy atom.